The highest BCUT2D eigenvalue weighted by atomic mass is 32.2. The zero-order valence-corrected chi connectivity index (χ0v) is 20.8. The van der Waals surface area contributed by atoms with Gasteiger partial charge in [-0.1, -0.05) is 25.7 Å². The number of hydrogen-bond donors (Lipinski definition) is 2. The van der Waals surface area contributed by atoms with Gasteiger partial charge in [-0.3, -0.25) is 0 Å². The Hall–Kier alpha value is -2.32. The average molecular weight is 482 g/mol. The maximum Gasteiger partial charge on any atom is 0.317 e. The fraction of sp³-hybridized carbons (Fsp3) is 0.609. The molecular weight excluding hydrogens is 446 g/mol. The molecule has 9 nitrogen and oxygen atoms in total. The minimum absolute atomic E-state index is 0.00933. The predicted octanol–water partition coefficient (Wildman–Crippen LogP) is 1.50. The lowest BCUT2D eigenvalue weighted by Crippen LogP contribution is -2.51. The summed E-state index contributed by atoms with van der Waals surface area (Å²) in [7, 11) is -0.705. The van der Waals surface area contributed by atoms with E-state index in [0.717, 1.165) is 6.42 Å². The molecule has 0 saturated heterocycles. The van der Waals surface area contributed by atoms with E-state index in [2.05, 4.69) is 17.2 Å². The standard InChI is InChI=1S/C23H35N3O6S/c1-6-11-24-23(28)25(4)15-21-17(2)14-26(18(3)16-27)33(29,30)22-10-9-19(8-7-12-31-5)13-20(22)32-21/h9-10,13,17-18,21,27H,6,11-12,14-16H2,1-5H3,(H,24,28)/t17-,18+,21+/m1/s1. The summed E-state index contributed by atoms with van der Waals surface area (Å²) in [4.78, 5) is 13.9. The molecule has 1 aliphatic rings. The molecule has 0 radical (unpaired) electrons. The predicted molar refractivity (Wildman–Crippen MR) is 126 cm³/mol. The van der Waals surface area contributed by atoms with Crippen LogP contribution in [0.4, 0.5) is 4.79 Å². The Labute approximate surface area is 197 Å². The number of urea groups is 1. The number of benzene rings is 1. The van der Waals surface area contributed by atoms with E-state index >= 15 is 0 Å². The first-order chi connectivity index (χ1) is 15.6. The quantitative estimate of drug-likeness (QED) is 0.572. The highest BCUT2D eigenvalue weighted by Gasteiger charge is 2.38. The van der Waals surface area contributed by atoms with Gasteiger partial charge >= 0.3 is 6.03 Å². The Kier molecular flexibility index (Phi) is 9.98. The first-order valence-electron chi connectivity index (χ1n) is 11.1. The smallest absolute Gasteiger partial charge is 0.317 e. The molecule has 1 aliphatic heterocycles. The molecule has 2 N–H and O–H groups in total. The number of hydrogen-bond acceptors (Lipinski definition) is 6. The van der Waals surface area contributed by atoms with Crippen LogP contribution in [0.2, 0.25) is 0 Å². The molecule has 2 rings (SSSR count). The van der Waals surface area contributed by atoms with E-state index in [1.165, 1.54) is 15.3 Å². The molecule has 0 fully saturated rings. The average Bonchev–Trinajstić information content (AvgIpc) is 2.79. The number of aliphatic hydroxyl groups excluding tert-OH is 1. The van der Waals surface area contributed by atoms with Gasteiger partial charge in [-0.2, -0.15) is 4.31 Å². The molecule has 33 heavy (non-hydrogen) atoms. The molecule has 2 amide bonds. The van der Waals surface area contributed by atoms with Crippen LogP contribution in [0, 0.1) is 17.8 Å². The number of sulfonamides is 1. The van der Waals surface area contributed by atoms with Gasteiger partial charge in [0.05, 0.1) is 13.2 Å². The van der Waals surface area contributed by atoms with Crippen molar-refractivity contribution in [3.63, 3.8) is 0 Å². The zero-order chi connectivity index (χ0) is 24.6. The maximum atomic E-state index is 13.5. The zero-order valence-electron chi connectivity index (χ0n) is 20.0. The number of nitrogens with one attached hydrogen (secondary N) is 1. The Morgan fingerprint density at radius 2 is 2.18 bits per heavy atom. The summed E-state index contributed by atoms with van der Waals surface area (Å²) in [6, 6.07) is 3.86. The number of nitrogens with zero attached hydrogens (tertiary/aromatic N) is 2. The minimum Gasteiger partial charge on any atom is -0.487 e. The molecule has 0 aromatic heterocycles. The molecule has 10 heteroatoms. The van der Waals surface area contributed by atoms with Gasteiger partial charge in [0.1, 0.15) is 23.4 Å². The van der Waals surface area contributed by atoms with Gasteiger partial charge in [-0.25, -0.2) is 13.2 Å². The van der Waals surface area contributed by atoms with Crippen LogP contribution in [0.15, 0.2) is 23.1 Å². The SMILES string of the molecule is CCCNC(=O)N(C)C[C@@H]1Oc2cc(C#CCOC)ccc2S(=O)(=O)N([C@@H](C)CO)C[C@H]1C. The molecule has 0 spiro atoms. The number of carbonyl (C=O) groups excluding carboxylic acids is 1. The van der Waals surface area contributed by atoms with Crippen LogP contribution in [-0.4, -0.2) is 87.9 Å². The van der Waals surface area contributed by atoms with Crippen molar-refractivity contribution in [2.75, 3.05) is 47.0 Å². The van der Waals surface area contributed by atoms with Crippen LogP contribution in [0.25, 0.3) is 0 Å². The van der Waals surface area contributed by atoms with Gasteiger partial charge in [0, 0.05) is 44.8 Å². The summed E-state index contributed by atoms with van der Waals surface area (Å²) >= 11 is 0. The summed E-state index contributed by atoms with van der Waals surface area (Å²) in [6.45, 7) is 6.42. The van der Waals surface area contributed by atoms with Crippen molar-refractivity contribution in [1.29, 1.82) is 0 Å². The van der Waals surface area contributed by atoms with Crippen molar-refractivity contribution in [1.82, 2.24) is 14.5 Å². The molecule has 0 saturated carbocycles. The highest BCUT2D eigenvalue weighted by Crippen LogP contribution is 2.34. The number of aliphatic hydroxyl groups is 1. The van der Waals surface area contributed by atoms with Gasteiger partial charge in [0.2, 0.25) is 10.0 Å². The topological polar surface area (TPSA) is 108 Å². The van der Waals surface area contributed by atoms with Gasteiger partial charge in [0.25, 0.3) is 0 Å². The first-order valence-corrected chi connectivity index (χ1v) is 12.5. The van der Waals surface area contributed by atoms with Crippen LogP contribution >= 0.6 is 0 Å². The molecule has 0 bridgehead atoms. The Morgan fingerprint density at radius 1 is 1.45 bits per heavy atom. The second kappa shape index (κ2) is 12.2. The third kappa shape index (κ3) is 6.84. The number of methoxy groups -OCH3 is 1. The summed E-state index contributed by atoms with van der Waals surface area (Å²) < 4.78 is 39.4. The van der Waals surface area contributed by atoms with E-state index in [-0.39, 0.29) is 48.9 Å². The third-order valence-electron chi connectivity index (χ3n) is 5.44. The van der Waals surface area contributed by atoms with Gasteiger partial charge in [-0.05, 0) is 31.5 Å². The minimum atomic E-state index is -3.93. The largest absolute Gasteiger partial charge is 0.487 e. The second-order valence-electron chi connectivity index (χ2n) is 8.25. The van der Waals surface area contributed by atoms with E-state index in [9.17, 15) is 18.3 Å². The fourth-order valence-electron chi connectivity index (χ4n) is 3.45. The summed E-state index contributed by atoms with van der Waals surface area (Å²) in [6.07, 6.45) is 0.342. The molecule has 0 aliphatic carbocycles. The van der Waals surface area contributed by atoms with E-state index in [1.807, 2.05) is 13.8 Å². The van der Waals surface area contributed by atoms with Crippen LogP contribution in [0.3, 0.4) is 0 Å². The molecule has 3 atom stereocenters. The van der Waals surface area contributed by atoms with E-state index < -0.39 is 22.2 Å². The van der Waals surface area contributed by atoms with E-state index in [4.69, 9.17) is 9.47 Å². The van der Waals surface area contributed by atoms with Crippen molar-refractivity contribution < 1.29 is 27.8 Å². The van der Waals surface area contributed by atoms with Gasteiger partial charge in [0.15, 0.2) is 0 Å². The van der Waals surface area contributed by atoms with Crippen molar-refractivity contribution in [3.05, 3.63) is 23.8 Å². The first kappa shape index (κ1) is 26.9. The van der Waals surface area contributed by atoms with Crippen molar-refractivity contribution in [3.8, 4) is 17.6 Å². The number of amides is 2. The number of carbonyl (C=O) groups is 1. The monoisotopic (exact) mass is 481 g/mol. The molecule has 184 valence electrons. The second-order valence-corrected chi connectivity index (χ2v) is 10.1. The molecule has 0 unspecified atom stereocenters. The Bertz CT molecular complexity index is 972. The van der Waals surface area contributed by atoms with Gasteiger partial charge < -0.3 is 24.8 Å². The number of ether oxygens (including phenoxy) is 2. The van der Waals surface area contributed by atoms with E-state index in [1.54, 1.807) is 33.2 Å². The van der Waals surface area contributed by atoms with Crippen LogP contribution in [-0.2, 0) is 14.8 Å². The Morgan fingerprint density at radius 3 is 2.82 bits per heavy atom. The molecular formula is C23H35N3O6S. The lowest BCUT2D eigenvalue weighted by Gasteiger charge is -2.37. The summed E-state index contributed by atoms with van der Waals surface area (Å²) in [5.74, 6) is 5.70. The molecule has 1 aromatic carbocycles. The maximum absolute atomic E-state index is 13.5. The van der Waals surface area contributed by atoms with Crippen LogP contribution in [0.1, 0.15) is 32.8 Å². The summed E-state index contributed by atoms with van der Waals surface area (Å²) in [5, 5.41) is 12.6. The molecule has 1 aromatic rings. The normalized spacial score (nSPS) is 20.8. The number of fused-ring (bicyclic) bond motifs is 1. The molecule has 1 heterocycles. The van der Waals surface area contributed by atoms with Crippen molar-refractivity contribution in [2.45, 2.75) is 44.2 Å². The number of rotatable bonds is 7. The fourth-order valence-corrected chi connectivity index (χ4v) is 5.28. The third-order valence-corrected chi connectivity index (χ3v) is 7.46. The lowest BCUT2D eigenvalue weighted by molar-refractivity contribution is 0.0812. The van der Waals surface area contributed by atoms with E-state index in [0.29, 0.717) is 12.1 Å². The lowest BCUT2D eigenvalue weighted by atomic mass is 10.0. The van der Waals surface area contributed by atoms with Crippen molar-refractivity contribution >= 4 is 16.1 Å². The Balaban J connectivity index is 2.48. The summed E-state index contributed by atoms with van der Waals surface area (Å²) in [5.41, 5.74) is 0.587. The van der Waals surface area contributed by atoms with Crippen LogP contribution < -0.4 is 10.1 Å². The highest BCUT2D eigenvalue weighted by molar-refractivity contribution is 7.89. The van der Waals surface area contributed by atoms with Gasteiger partial charge in [-0.15, -0.1) is 0 Å². The number of likely N-dealkylation sites (N-methyl/N-ethyl adjacent to an activating group) is 1. The van der Waals surface area contributed by atoms with Crippen molar-refractivity contribution in [2.24, 2.45) is 5.92 Å². The van der Waals surface area contributed by atoms with Crippen LogP contribution in [0.5, 0.6) is 5.75 Å².